The number of nitrogens with zero attached hydrogens (tertiary/aromatic N) is 4. The summed E-state index contributed by atoms with van der Waals surface area (Å²) in [7, 11) is 3.54. The molecule has 0 amide bonds. The highest BCUT2D eigenvalue weighted by molar-refractivity contribution is 6.35. The van der Waals surface area contributed by atoms with E-state index in [1.54, 1.807) is 57.1 Å². The van der Waals surface area contributed by atoms with Gasteiger partial charge in [0.15, 0.2) is 5.43 Å². The number of carbonyl (C=O) groups is 1. The third kappa shape index (κ3) is 3.06. The van der Waals surface area contributed by atoms with E-state index in [0.717, 1.165) is 0 Å². The third-order valence-corrected chi connectivity index (χ3v) is 4.94. The van der Waals surface area contributed by atoms with E-state index in [9.17, 15) is 14.7 Å². The molecule has 0 atom stereocenters. The molecule has 2 aromatic heterocycles. The van der Waals surface area contributed by atoms with Gasteiger partial charge in [0.05, 0.1) is 21.6 Å². The average Bonchev–Trinajstić information content (AvgIpc) is 2.63. The lowest BCUT2D eigenvalue weighted by Crippen LogP contribution is -2.22. The van der Waals surface area contributed by atoms with Crippen molar-refractivity contribution in [1.29, 1.82) is 0 Å². The van der Waals surface area contributed by atoms with Crippen molar-refractivity contribution >= 4 is 45.2 Å². The van der Waals surface area contributed by atoms with E-state index in [0.29, 0.717) is 32.7 Å². The summed E-state index contributed by atoms with van der Waals surface area (Å²) in [6.45, 7) is 10.4. The Morgan fingerprint density at radius 1 is 1.29 bits per heavy atom. The molecular formula is C20H19ClN4O3. The number of benzene rings is 1. The molecule has 0 fully saturated rings. The van der Waals surface area contributed by atoms with Gasteiger partial charge in [-0.15, -0.1) is 0 Å². The molecule has 1 aromatic carbocycles. The van der Waals surface area contributed by atoms with Crippen molar-refractivity contribution in [2.24, 2.45) is 0 Å². The van der Waals surface area contributed by atoms with Crippen LogP contribution in [-0.2, 0) is 16.9 Å². The van der Waals surface area contributed by atoms with Crippen LogP contribution in [0.2, 0.25) is 5.02 Å². The predicted octanol–water partition coefficient (Wildman–Crippen LogP) is 3.51. The maximum atomic E-state index is 13.1. The number of hydrogen-bond donors (Lipinski definition) is 1. The summed E-state index contributed by atoms with van der Waals surface area (Å²) < 4.78 is 1.49. The van der Waals surface area contributed by atoms with E-state index in [-0.39, 0.29) is 11.1 Å². The zero-order valence-electron chi connectivity index (χ0n) is 15.9. The molecule has 0 unspecified atom stereocenters. The molecule has 0 aliphatic rings. The second-order valence-electron chi connectivity index (χ2n) is 7.23. The van der Waals surface area contributed by atoms with E-state index in [1.165, 1.54) is 4.57 Å². The molecule has 0 spiro atoms. The van der Waals surface area contributed by atoms with Gasteiger partial charge in [-0.3, -0.25) is 9.59 Å². The summed E-state index contributed by atoms with van der Waals surface area (Å²) in [6.07, 6.45) is 0. The predicted molar refractivity (Wildman–Crippen MR) is 110 cm³/mol. The highest BCUT2D eigenvalue weighted by atomic mass is 35.5. The Balaban J connectivity index is 2.61. The quantitative estimate of drug-likeness (QED) is 0.537. The van der Waals surface area contributed by atoms with Crippen molar-refractivity contribution in [2.75, 3.05) is 19.0 Å². The number of aliphatic carboxylic acids is 1. The minimum atomic E-state index is -1.08. The molecule has 1 N–H and O–H groups in total. The van der Waals surface area contributed by atoms with Crippen molar-refractivity contribution in [3.63, 3.8) is 0 Å². The van der Waals surface area contributed by atoms with Crippen LogP contribution in [0.15, 0.2) is 29.1 Å². The number of rotatable bonds is 4. The van der Waals surface area contributed by atoms with Crippen molar-refractivity contribution in [2.45, 2.75) is 25.9 Å². The van der Waals surface area contributed by atoms with Gasteiger partial charge in [0.1, 0.15) is 17.9 Å². The lowest BCUT2D eigenvalue weighted by Gasteiger charge is -2.22. The number of pyridine rings is 2. The smallest absolute Gasteiger partial charge is 0.323 e. The average molecular weight is 399 g/mol. The molecule has 0 aliphatic heterocycles. The number of carboxylic acid groups (broad SMARTS) is 1. The van der Waals surface area contributed by atoms with Crippen LogP contribution >= 0.6 is 11.6 Å². The van der Waals surface area contributed by atoms with E-state index in [2.05, 4.69) is 9.83 Å². The first-order valence-corrected chi connectivity index (χ1v) is 8.90. The Labute approximate surface area is 166 Å². The van der Waals surface area contributed by atoms with Crippen LogP contribution in [0.4, 0.5) is 5.69 Å². The zero-order chi connectivity index (χ0) is 20.8. The van der Waals surface area contributed by atoms with Crippen LogP contribution < -0.4 is 10.3 Å². The fourth-order valence-corrected chi connectivity index (χ4v) is 3.53. The molecule has 0 saturated carbocycles. The van der Waals surface area contributed by atoms with Gasteiger partial charge < -0.3 is 19.4 Å². The molecule has 8 heteroatoms. The molecule has 0 radical (unpaired) electrons. The summed E-state index contributed by atoms with van der Waals surface area (Å²) in [6, 6.07) is 6.47. The number of anilines is 1. The Hall–Kier alpha value is -3.11. The Morgan fingerprint density at radius 2 is 1.93 bits per heavy atom. The number of carboxylic acids is 1. The fraction of sp³-hybridized carbons (Fsp3) is 0.300. The first kappa shape index (κ1) is 19.6. The SMILES string of the molecule is [C-]#[N+]C(C)(C)c1ccc2c(=O)c3ccc(Cl)c(N(C)C)c3n(CC(=O)O)c2n1. The largest absolute Gasteiger partial charge is 0.480 e. The van der Waals surface area contributed by atoms with Gasteiger partial charge in [0, 0.05) is 33.3 Å². The van der Waals surface area contributed by atoms with Crippen molar-refractivity contribution in [3.05, 3.63) is 56.6 Å². The van der Waals surface area contributed by atoms with Crippen molar-refractivity contribution in [3.8, 4) is 0 Å². The molecule has 28 heavy (non-hydrogen) atoms. The van der Waals surface area contributed by atoms with Gasteiger partial charge in [-0.25, -0.2) is 11.6 Å². The lowest BCUT2D eigenvalue weighted by atomic mass is 10.0. The molecule has 3 aromatic rings. The second-order valence-corrected chi connectivity index (χ2v) is 7.64. The second kappa shape index (κ2) is 6.80. The van der Waals surface area contributed by atoms with Gasteiger partial charge in [0.25, 0.3) is 5.54 Å². The van der Waals surface area contributed by atoms with Gasteiger partial charge in [-0.1, -0.05) is 11.6 Å². The van der Waals surface area contributed by atoms with Gasteiger partial charge in [0.2, 0.25) is 0 Å². The number of hydrogen-bond acceptors (Lipinski definition) is 4. The molecule has 7 nitrogen and oxygen atoms in total. The Morgan fingerprint density at radius 3 is 2.50 bits per heavy atom. The van der Waals surface area contributed by atoms with Gasteiger partial charge in [-0.05, 0) is 24.3 Å². The molecule has 3 rings (SSSR count). The number of aromatic nitrogens is 2. The first-order valence-electron chi connectivity index (χ1n) is 8.52. The van der Waals surface area contributed by atoms with Crippen LogP contribution in [0.25, 0.3) is 26.8 Å². The summed E-state index contributed by atoms with van der Waals surface area (Å²) in [5.41, 5.74) is 0.456. The first-order chi connectivity index (χ1) is 13.1. The van der Waals surface area contributed by atoms with Crippen molar-refractivity contribution in [1.82, 2.24) is 9.55 Å². The van der Waals surface area contributed by atoms with Crippen LogP contribution in [0.3, 0.4) is 0 Å². The summed E-state index contributed by atoms with van der Waals surface area (Å²) in [4.78, 5) is 34.6. The maximum absolute atomic E-state index is 13.1. The van der Waals surface area contributed by atoms with Crippen molar-refractivity contribution < 1.29 is 9.90 Å². The molecule has 0 saturated heterocycles. The Kier molecular flexibility index (Phi) is 4.77. The monoisotopic (exact) mass is 398 g/mol. The molecule has 0 aliphatic carbocycles. The minimum Gasteiger partial charge on any atom is -0.480 e. The highest BCUT2D eigenvalue weighted by Crippen LogP contribution is 2.34. The summed E-state index contributed by atoms with van der Waals surface area (Å²) in [5, 5.41) is 10.6. The van der Waals surface area contributed by atoms with Crippen LogP contribution in [0.1, 0.15) is 19.5 Å². The highest BCUT2D eigenvalue weighted by Gasteiger charge is 2.29. The minimum absolute atomic E-state index is 0.222. The maximum Gasteiger partial charge on any atom is 0.323 e. The van der Waals surface area contributed by atoms with E-state index in [4.69, 9.17) is 18.2 Å². The summed E-state index contributed by atoms with van der Waals surface area (Å²) in [5.74, 6) is -1.08. The van der Waals surface area contributed by atoms with Gasteiger partial charge >= 0.3 is 5.97 Å². The molecular weight excluding hydrogens is 380 g/mol. The molecule has 0 bridgehead atoms. The Bertz CT molecular complexity index is 1220. The fourth-order valence-electron chi connectivity index (χ4n) is 3.21. The standard InChI is InChI=1S/C20H19ClN4O3/c1-20(2,22-3)14-9-7-12-18(28)11-6-8-13(21)17(24(4)5)16(11)25(10-15(26)27)19(12)23-14/h6-9H,10H2,1-2,4-5H3,(H,26,27). The van der Waals surface area contributed by atoms with Crippen LogP contribution in [0, 0.1) is 6.57 Å². The van der Waals surface area contributed by atoms with E-state index >= 15 is 0 Å². The number of fused-ring (bicyclic) bond motifs is 2. The van der Waals surface area contributed by atoms with Crippen LogP contribution in [-0.4, -0.2) is 34.7 Å². The summed E-state index contributed by atoms with van der Waals surface area (Å²) >= 11 is 6.37. The molecule has 144 valence electrons. The van der Waals surface area contributed by atoms with E-state index < -0.39 is 18.1 Å². The van der Waals surface area contributed by atoms with Gasteiger partial charge in [-0.2, -0.15) is 0 Å². The van der Waals surface area contributed by atoms with Crippen LogP contribution in [0.5, 0.6) is 0 Å². The van der Waals surface area contributed by atoms with E-state index in [1.807, 2.05) is 0 Å². The number of halogens is 1. The lowest BCUT2D eigenvalue weighted by molar-refractivity contribution is -0.137. The zero-order valence-corrected chi connectivity index (χ0v) is 16.7. The topological polar surface area (TPSA) is 79.8 Å². The normalized spacial score (nSPS) is 11.6. The third-order valence-electron chi connectivity index (χ3n) is 4.64. The molecule has 2 heterocycles.